The molecular formula is C12H12ClN3O. The summed E-state index contributed by atoms with van der Waals surface area (Å²) < 4.78 is 0. The van der Waals surface area contributed by atoms with Crippen molar-refractivity contribution in [3.8, 4) is 6.07 Å². The third kappa shape index (κ3) is 2.69. The van der Waals surface area contributed by atoms with Gasteiger partial charge >= 0.3 is 0 Å². The third-order valence-corrected chi connectivity index (χ3v) is 3.07. The maximum Gasteiger partial charge on any atom is 0.220 e. The fraction of sp³-hybridized carbons (Fsp3) is 0.333. The van der Waals surface area contributed by atoms with Crippen LogP contribution in [0.15, 0.2) is 18.2 Å². The van der Waals surface area contributed by atoms with Crippen molar-refractivity contribution in [1.29, 1.82) is 5.26 Å². The maximum atomic E-state index is 11.0. The van der Waals surface area contributed by atoms with Gasteiger partial charge in [-0.1, -0.05) is 17.7 Å². The van der Waals surface area contributed by atoms with E-state index in [0.717, 1.165) is 12.1 Å². The van der Waals surface area contributed by atoms with Gasteiger partial charge in [-0.25, -0.2) is 0 Å². The summed E-state index contributed by atoms with van der Waals surface area (Å²) in [5, 5.41) is 15.5. The number of carbonyl (C=O) groups excluding carboxylic acids is 1. The Morgan fingerprint density at radius 3 is 3.00 bits per heavy atom. The lowest BCUT2D eigenvalue weighted by Gasteiger charge is -2.25. The Kier molecular flexibility index (Phi) is 3.50. The lowest BCUT2D eigenvalue weighted by atomic mass is 10.1. The molecule has 1 saturated heterocycles. The highest BCUT2D eigenvalue weighted by Gasteiger charge is 2.18. The molecule has 0 saturated carbocycles. The minimum absolute atomic E-state index is 0.0784. The maximum absolute atomic E-state index is 11.0. The number of benzene rings is 1. The first-order chi connectivity index (χ1) is 8.20. The summed E-state index contributed by atoms with van der Waals surface area (Å²) in [5.41, 5.74) is 1.17. The average Bonchev–Trinajstić information content (AvgIpc) is 2.32. The van der Waals surface area contributed by atoms with Crippen LogP contribution in [0.25, 0.3) is 0 Å². The normalized spacial score (nSPS) is 19.3. The highest BCUT2D eigenvalue weighted by atomic mass is 35.5. The van der Waals surface area contributed by atoms with Crippen LogP contribution in [-0.4, -0.2) is 18.5 Å². The van der Waals surface area contributed by atoms with Crippen molar-refractivity contribution in [1.82, 2.24) is 5.32 Å². The van der Waals surface area contributed by atoms with Crippen LogP contribution in [0.3, 0.4) is 0 Å². The quantitative estimate of drug-likeness (QED) is 0.841. The van der Waals surface area contributed by atoms with Gasteiger partial charge in [-0.15, -0.1) is 0 Å². The number of nitrogens with one attached hydrogen (secondary N) is 2. The SMILES string of the molecule is N#Cc1c(Cl)cccc1NC1CCC(=O)NC1. The van der Waals surface area contributed by atoms with Crippen molar-refractivity contribution < 1.29 is 4.79 Å². The Labute approximate surface area is 105 Å². The van der Waals surface area contributed by atoms with Crippen LogP contribution in [0.1, 0.15) is 18.4 Å². The second-order valence-electron chi connectivity index (χ2n) is 3.96. The van der Waals surface area contributed by atoms with E-state index in [4.69, 9.17) is 16.9 Å². The molecule has 0 bridgehead atoms. The summed E-state index contributed by atoms with van der Waals surface area (Å²) in [6.45, 7) is 0.580. The molecule has 1 fully saturated rings. The van der Waals surface area contributed by atoms with Gasteiger partial charge in [0.25, 0.3) is 0 Å². The van der Waals surface area contributed by atoms with Crippen molar-refractivity contribution in [3.05, 3.63) is 28.8 Å². The largest absolute Gasteiger partial charge is 0.379 e. The molecular weight excluding hydrogens is 238 g/mol. The summed E-state index contributed by atoms with van der Waals surface area (Å²) in [4.78, 5) is 11.0. The van der Waals surface area contributed by atoms with E-state index in [2.05, 4.69) is 16.7 Å². The molecule has 0 spiro atoms. The van der Waals surface area contributed by atoms with Crippen LogP contribution in [-0.2, 0) is 4.79 Å². The molecule has 0 aromatic heterocycles. The monoisotopic (exact) mass is 249 g/mol. The Balaban J connectivity index is 2.11. The second-order valence-corrected chi connectivity index (χ2v) is 4.37. The molecule has 2 N–H and O–H groups in total. The first-order valence-electron chi connectivity index (χ1n) is 5.42. The summed E-state index contributed by atoms with van der Waals surface area (Å²) in [7, 11) is 0. The van der Waals surface area contributed by atoms with Crippen LogP contribution in [0.4, 0.5) is 5.69 Å². The molecule has 0 radical (unpaired) electrons. The molecule has 17 heavy (non-hydrogen) atoms. The van der Waals surface area contributed by atoms with Crippen LogP contribution >= 0.6 is 11.6 Å². The van der Waals surface area contributed by atoms with Gasteiger partial charge in [0.15, 0.2) is 0 Å². The smallest absolute Gasteiger partial charge is 0.220 e. The van der Waals surface area contributed by atoms with Gasteiger partial charge in [0.1, 0.15) is 6.07 Å². The van der Waals surface area contributed by atoms with Crippen LogP contribution < -0.4 is 10.6 Å². The molecule has 1 amide bonds. The number of rotatable bonds is 2. The van der Waals surface area contributed by atoms with Gasteiger partial charge in [0.05, 0.1) is 16.3 Å². The molecule has 1 aromatic carbocycles. The molecule has 0 aliphatic carbocycles. The summed E-state index contributed by atoms with van der Waals surface area (Å²) in [5.74, 6) is 0.0784. The highest BCUT2D eigenvalue weighted by Crippen LogP contribution is 2.24. The minimum atomic E-state index is 0.0784. The van der Waals surface area contributed by atoms with Crippen LogP contribution in [0, 0.1) is 11.3 Å². The summed E-state index contributed by atoms with van der Waals surface area (Å²) >= 11 is 5.94. The number of anilines is 1. The van der Waals surface area contributed by atoms with E-state index in [-0.39, 0.29) is 11.9 Å². The van der Waals surface area contributed by atoms with Gasteiger partial charge in [-0.05, 0) is 18.6 Å². The van der Waals surface area contributed by atoms with E-state index in [1.165, 1.54) is 0 Å². The molecule has 1 aliphatic heterocycles. The fourth-order valence-corrected chi connectivity index (χ4v) is 2.05. The van der Waals surface area contributed by atoms with E-state index < -0.39 is 0 Å². The number of halogens is 1. The molecule has 2 rings (SSSR count). The van der Waals surface area contributed by atoms with Gasteiger partial charge in [0, 0.05) is 19.0 Å². The predicted octanol–water partition coefficient (Wildman–Crippen LogP) is 1.90. The zero-order valence-corrected chi connectivity index (χ0v) is 9.92. The zero-order valence-electron chi connectivity index (χ0n) is 9.16. The van der Waals surface area contributed by atoms with Crippen molar-refractivity contribution in [2.45, 2.75) is 18.9 Å². The second kappa shape index (κ2) is 5.07. The van der Waals surface area contributed by atoms with Crippen molar-refractivity contribution in [2.75, 3.05) is 11.9 Å². The topological polar surface area (TPSA) is 64.9 Å². The van der Waals surface area contributed by atoms with Gasteiger partial charge < -0.3 is 10.6 Å². The van der Waals surface area contributed by atoms with Crippen molar-refractivity contribution in [3.63, 3.8) is 0 Å². The Bertz CT molecular complexity index is 471. The van der Waals surface area contributed by atoms with Gasteiger partial charge in [0.2, 0.25) is 5.91 Å². The zero-order chi connectivity index (χ0) is 12.3. The Morgan fingerprint density at radius 2 is 2.35 bits per heavy atom. The van der Waals surface area contributed by atoms with Crippen LogP contribution in [0.5, 0.6) is 0 Å². The lowest BCUT2D eigenvalue weighted by Crippen LogP contribution is -2.42. The number of hydrogen-bond acceptors (Lipinski definition) is 3. The number of carbonyl (C=O) groups is 1. The van der Waals surface area contributed by atoms with Crippen molar-refractivity contribution >= 4 is 23.2 Å². The first-order valence-corrected chi connectivity index (χ1v) is 5.80. The van der Waals surface area contributed by atoms with Gasteiger partial charge in [-0.3, -0.25) is 4.79 Å². The number of hydrogen-bond donors (Lipinski definition) is 2. The molecule has 1 unspecified atom stereocenters. The number of piperidine rings is 1. The first kappa shape index (κ1) is 11.7. The molecule has 88 valence electrons. The number of nitrogens with zero attached hydrogens (tertiary/aromatic N) is 1. The molecule has 4 nitrogen and oxygen atoms in total. The standard InChI is InChI=1S/C12H12ClN3O/c13-10-2-1-3-11(9(10)6-14)16-8-4-5-12(17)15-7-8/h1-3,8,16H,4-5,7H2,(H,15,17). The highest BCUT2D eigenvalue weighted by molar-refractivity contribution is 6.32. The summed E-state index contributed by atoms with van der Waals surface area (Å²) in [6.07, 6.45) is 1.28. The van der Waals surface area contributed by atoms with E-state index in [1.807, 2.05) is 6.07 Å². The average molecular weight is 250 g/mol. The molecule has 1 heterocycles. The van der Waals surface area contributed by atoms with E-state index in [9.17, 15) is 4.79 Å². The number of amides is 1. The minimum Gasteiger partial charge on any atom is -0.379 e. The van der Waals surface area contributed by atoms with E-state index >= 15 is 0 Å². The predicted molar refractivity (Wildman–Crippen MR) is 65.8 cm³/mol. The van der Waals surface area contributed by atoms with Crippen LogP contribution in [0.2, 0.25) is 5.02 Å². The van der Waals surface area contributed by atoms with Crippen molar-refractivity contribution in [2.24, 2.45) is 0 Å². The Morgan fingerprint density at radius 1 is 1.53 bits per heavy atom. The molecule has 1 aromatic rings. The molecule has 1 aliphatic rings. The molecule has 5 heteroatoms. The van der Waals surface area contributed by atoms with E-state index in [0.29, 0.717) is 23.6 Å². The lowest BCUT2D eigenvalue weighted by molar-refractivity contribution is -0.122. The Hall–Kier alpha value is -1.73. The van der Waals surface area contributed by atoms with Gasteiger partial charge in [-0.2, -0.15) is 5.26 Å². The molecule has 1 atom stereocenters. The fourth-order valence-electron chi connectivity index (χ4n) is 1.83. The number of nitriles is 1. The van der Waals surface area contributed by atoms with E-state index in [1.54, 1.807) is 12.1 Å². The third-order valence-electron chi connectivity index (χ3n) is 2.75. The summed E-state index contributed by atoms with van der Waals surface area (Å²) in [6, 6.07) is 7.54.